The van der Waals surface area contributed by atoms with Gasteiger partial charge in [-0.25, -0.2) is 0 Å². The van der Waals surface area contributed by atoms with E-state index in [4.69, 9.17) is 15.2 Å². The molecule has 1 aliphatic carbocycles. The van der Waals surface area contributed by atoms with Gasteiger partial charge in [-0.3, -0.25) is 4.99 Å². The van der Waals surface area contributed by atoms with E-state index in [1.807, 2.05) is 18.2 Å². The number of guanidine groups is 1. The molecule has 0 fully saturated rings. The summed E-state index contributed by atoms with van der Waals surface area (Å²) in [4.78, 5) is 4.62. The summed E-state index contributed by atoms with van der Waals surface area (Å²) >= 11 is 0. The van der Waals surface area contributed by atoms with E-state index in [9.17, 15) is 0 Å². The second-order valence-corrected chi connectivity index (χ2v) is 6.97. The van der Waals surface area contributed by atoms with Gasteiger partial charge in [-0.15, -0.1) is 0 Å². The lowest BCUT2D eigenvalue weighted by Crippen LogP contribution is -2.33. The summed E-state index contributed by atoms with van der Waals surface area (Å²) < 4.78 is 10.6. The molecule has 138 valence electrons. The number of anilines is 1. The summed E-state index contributed by atoms with van der Waals surface area (Å²) in [6.45, 7) is 2.94. The smallest absolute Gasteiger partial charge is 0.193 e. The van der Waals surface area contributed by atoms with Crippen molar-refractivity contribution in [2.45, 2.75) is 31.6 Å². The van der Waals surface area contributed by atoms with E-state index in [1.165, 1.54) is 17.5 Å². The molecule has 3 rings (SSSR count). The van der Waals surface area contributed by atoms with Crippen molar-refractivity contribution < 1.29 is 9.47 Å². The quantitative estimate of drug-likeness (QED) is 0.635. The van der Waals surface area contributed by atoms with E-state index in [0.29, 0.717) is 24.0 Å². The van der Waals surface area contributed by atoms with Crippen molar-refractivity contribution in [1.82, 2.24) is 0 Å². The molecule has 5 heteroatoms. The van der Waals surface area contributed by atoms with Gasteiger partial charge in [0.2, 0.25) is 0 Å². The molecular weight excluding hydrogens is 326 g/mol. The minimum absolute atomic E-state index is 0.0265. The first-order valence-electron chi connectivity index (χ1n) is 8.93. The van der Waals surface area contributed by atoms with Crippen LogP contribution in [0.5, 0.6) is 11.5 Å². The Morgan fingerprint density at radius 1 is 1.15 bits per heavy atom. The largest absolute Gasteiger partial charge is 0.493 e. The maximum atomic E-state index is 6.13. The number of aryl methyl sites for hydroxylation is 1. The number of benzene rings is 2. The van der Waals surface area contributed by atoms with Crippen LogP contribution in [-0.2, 0) is 11.8 Å². The molecule has 2 aromatic carbocycles. The van der Waals surface area contributed by atoms with Crippen molar-refractivity contribution in [3.05, 3.63) is 53.6 Å². The fourth-order valence-corrected chi connectivity index (χ4v) is 3.66. The maximum absolute atomic E-state index is 6.13. The Bertz CT molecular complexity index is 804. The third kappa shape index (κ3) is 3.77. The number of nitrogens with one attached hydrogen (secondary N) is 1. The SMILES string of the molecule is COc1ccc(NC(N)=NCC2(C)CCCc3ccccc32)cc1OC. The van der Waals surface area contributed by atoms with Crippen LogP contribution in [0.1, 0.15) is 30.9 Å². The normalized spacial score (nSPS) is 19.6. The van der Waals surface area contributed by atoms with Crippen molar-refractivity contribution in [2.24, 2.45) is 10.7 Å². The number of ether oxygens (including phenoxy) is 2. The predicted octanol–water partition coefficient (Wildman–Crippen LogP) is 3.72. The molecule has 0 saturated heterocycles. The molecule has 1 atom stereocenters. The van der Waals surface area contributed by atoms with Crippen molar-refractivity contribution in [3.63, 3.8) is 0 Å². The Morgan fingerprint density at radius 3 is 2.69 bits per heavy atom. The van der Waals surface area contributed by atoms with Crippen LogP contribution in [-0.4, -0.2) is 26.7 Å². The van der Waals surface area contributed by atoms with Gasteiger partial charge < -0.3 is 20.5 Å². The van der Waals surface area contributed by atoms with Gasteiger partial charge >= 0.3 is 0 Å². The fraction of sp³-hybridized carbons (Fsp3) is 0.381. The molecule has 0 heterocycles. The van der Waals surface area contributed by atoms with E-state index in [0.717, 1.165) is 18.5 Å². The van der Waals surface area contributed by atoms with Crippen LogP contribution in [0.25, 0.3) is 0 Å². The summed E-state index contributed by atoms with van der Waals surface area (Å²) in [6.07, 6.45) is 3.46. The molecule has 0 aromatic heterocycles. The van der Waals surface area contributed by atoms with E-state index in [-0.39, 0.29) is 5.41 Å². The average Bonchev–Trinajstić information content (AvgIpc) is 2.67. The lowest BCUT2D eigenvalue weighted by Gasteiger charge is -2.34. The van der Waals surface area contributed by atoms with Gasteiger partial charge in [0.15, 0.2) is 17.5 Å². The molecule has 0 spiro atoms. The van der Waals surface area contributed by atoms with Crippen LogP contribution in [0.4, 0.5) is 5.69 Å². The first-order valence-corrected chi connectivity index (χ1v) is 8.93. The Labute approximate surface area is 155 Å². The highest BCUT2D eigenvalue weighted by atomic mass is 16.5. The van der Waals surface area contributed by atoms with E-state index in [2.05, 4.69) is 41.5 Å². The number of fused-ring (bicyclic) bond motifs is 1. The summed E-state index contributed by atoms with van der Waals surface area (Å²) in [5, 5.41) is 3.14. The highest BCUT2D eigenvalue weighted by molar-refractivity contribution is 5.92. The molecule has 0 bridgehead atoms. The van der Waals surface area contributed by atoms with Gasteiger partial charge in [-0.1, -0.05) is 31.2 Å². The van der Waals surface area contributed by atoms with E-state index < -0.39 is 0 Å². The standard InChI is InChI=1S/C21H27N3O2/c1-21(12-6-8-15-7-4-5-9-17(15)21)14-23-20(22)24-16-10-11-18(25-2)19(13-16)26-3/h4-5,7,9-11,13H,6,8,12,14H2,1-3H3,(H3,22,23,24). The van der Waals surface area contributed by atoms with E-state index in [1.54, 1.807) is 14.2 Å². The minimum Gasteiger partial charge on any atom is -0.493 e. The summed E-state index contributed by atoms with van der Waals surface area (Å²) in [7, 11) is 3.23. The van der Waals surface area contributed by atoms with Crippen LogP contribution in [0.15, 0.2) is 47.5 Å². The van der Waals surface area contributed by atoms with Crippen LogP contribution in [0.3, 0.4) is 0 Å². The number of hydrogen-bond acceptors (Lipinski definition) is 3. The highest BCUT2D eigenvalue weighted by Gasteiger charge is 2.31. The van der Waals surface area contributed by atoms with Crippen molar-refractivity contribution >= 4 is 11.6 Å². The summed E-state index contributed by atoms with van der Waals surface area (Å²) in [5.74, 6) is 1.74. The first kappa shape index (κ1) is 18.1. The van der Waals surface area contributed by atoms with Gasteiger partial charge in [0.1, 0.15) is 0 Å². The maximum Gasteiger partial charge on any atom is 0.193 e. The molecule has 3 N–H and O–H groups in total. The molecular formula is C21H27N3O2. The average molecular weight is 353 g/mol. The zero-order valence-corrected chi connectivity index (χ0v) is 15.7. The molecule has 0 radical (unpaired) electrons. The number of nitrogens with two attached hydrogens (primary N) is 1. The number of rotatable bonds is 5. The van der Waals surface area contributed by atoms with Crippen LogP contribution in [0.2, 0.25) is 0 Å². The summed E-state index contributed by atoms with van der Waals surface area (Å²) in [5.41, 5.74) is 9.81. The first-order chi connectivity index (χ1) is 12.6. The monoisotopic (exact) mass is 353 g/mol. The second-order valence-electron chi connectivity index (χ2n) is 6.97. The number of hydrogen-bond donors (Lipinski definition) is 2. The second kappa shape index (κ2) is 7.68. The van der Waals surface area contributed by atoms with Crippen molar-refractivity contribution in [1.29, 1.82) is 0 Å². The van der Waals surface area contributed by atoms with Gasteiger partial charge in [-0.2, -0.15) is 0 Å². The molecule has 1 aliphatic rings. The lowest BCUT2D eigenvalue weighted by molar-refractivity contribution is 0.355. The van der Waals surface area contributed by atoms with Crippen LogP contribution < -0.4 is 20.5 Å². The highest BCUT2D eigenvalue weighted by Crippen LogP contribution is 2.37. The molecule has 0 amide bonds. The molecule has 0 aliphatic heterocycles. The minimum atomic E-state index is 0.0265. The molecule has 0 saturated carbocycles. The number of methoxy groups -OCH3 is 2. The summed E-state index contributed by atoms with van der Waals surface area (Å²) in [6, 6.07) is 14.2. The molecule has 1 unspecified atom stereocenters. The zero-order valence-electron chi connectivity index (χ0n) is 15.7. The van der Waals surface area contributed by atoms with Crippen LogP contribution >= 0.6 is 0 Å². The Kier molecular flexibility index (Phi) is 5.35. The fourth-order valence-electron chi connectivity index (χ4n) is 3.66. The molecule has 26 heavy (non-hydrogen) atoms. The van der Waals surface area contributed by atoms with Gasteiger partial charge in [-0.05, 0) is 42.5 Å². The van der Waals surface area contributed by atoms with Crippen LogP contribution in [0, 0.1) is 0 Å². The van der Waals surface area contributed by atoms with E-state index >= 15 is 0 Å². The molecule has 5 nitrogen and oxygen atoms in total. The zero-order chi connectivity index (χ0) is 18.6. The van der Waals surface area contributed by atoms with Crippen molar-refractivity contribution in [2.75, 3.05) is 26.1 Å². The number of aliphatic imine (C=N–C) groups is 1. The third-order valence-corrected chi connectivity index (χ3v) is 5.10. The molecule has 2 aromatic rings. The van der Waals surface area contributed by atoms with Gasteiger partial charge in [0.05, 0.1) is 20.8 Å². The Hall–Kier alpha value is -2.69. The van der Waals surface area contributed by atoms with Gasteiger partial charge in [0, 0.05) is 17.2 Å². The Morgan fingerprint density at radius 2 is 1.92 bits per heavy atom. The number of nitrogens with zero attached hydrogens (tertiary/aromatic N) is 1. The predicted molar refractivity (Wildman–Crippen MR) is 106 cm³/mol. The van der Waals surface area contributed by atoms with Crippen molar-refractivity contribution in [3.8, 4) is 11.5 Å². The van der Waals surface area contributed by atoms with Gasteiger partial charge in [0.25, 0.3) is 0 Å². The topological polar surface area (TPSA) is 68.9 Å². The lowest BCUT2D eigenvalue weighted by atomic mass is 9.71. The third-order valence-electron chi connectivity index (χ3n) is 5.10. The Balaban J connectivity index is 1.73.